The third kappa shape index (κ3) is 23.2. The Bertz CT molecular complexity index is 158. The molecule has 3 heteroatoms. The molecule has 0 bridgehead atoms. The highest BCUT2D eigenvalue weighted by Gasteiger charge is 1.91. The molecule has 0 atom stereocenters. The van der Waals surface area contributed by atoms with Crippen LogP contribution in [0.3, 0.4) is 0 Å². The van der Waals surface area contributed by atoms with E-state index in [4.69, 9.17) is 0 Å². The van der Waals surface area contributed by atoms with Gasteiger partial charge in [0.25, 0.3) is 0 Å². The normalized spacial score (nSPS) is 9.12. The molecule has 96 valence electrons. The number of carboxylic acid groups (broad SMARTS) is 1. The third-order valence-electron chi connectivity index (χ3n) is 2.04. The molecule has 0 aliphatic carbocycles. The lowest BCUT2D eigenvalue weighted by molar-refractivity contribution is -0.597. The molecule has 2 N–H and O–H groups in total. The molecule has 0 radical (unpaired) electrons. The zero-order valence-corrected chi connectivity index (χ0v) is 10.8. The Morgan fingerprint density at radius 2 is 1.56 bits per heavy atom. The maximum absolute atomic E-state index is 10.1. The van der Waals surface area contributed by atoms with E-state index in [-0.39, 0.29) is 6.42 Å². The summed E-state index contributed by atoms with van der Waals surface area (Å²) in [5, 5.41) is 12.1. The van der Waals surface area contributed by atoms with Crippen LogP contribution in [0.4, 0.5) is 0 Å². The van der Waals surface area contributed by atoms with Crippen molar-refractivity contribution in [1.82, 2.24) is 0 Å². The first-order valence-electron chi connectivity index (χ1n) is 6.23. The van der Waals surface area contributed by atoms with Crippen LogP contribution in [0.15, 0.2) is 12.7 Å². The third-order valence-corrected chi connectivity index (χ3v) is 2.04. The first-order chi connectivity index (χ1) is 7.68. The average molecular weight is 229 g/mol. The maximum atomic E-state index is 10.1. The summed E-state index contributed by atoms with van der Waals surface area (Å²) >= 11 is 0. The predicted octanol–water partition coefficient (Wildman–Crippen LogP) is 0.853. The van der Waals surface area contributed by atoms with Gasteiger partial charge < -0.3 is 15.2 Å². The number of hydrogen-bond donors (Lipinski definition) is 1. The summed E-state index contributed by atoms with van der Waals surface area (Å²) in [6.07, 6.45) is 9.83. The van der Waals surface area contributed by atoms with Gasteiger partial charge in [-0.05, 0) is 25.7 Å². The van der Waals surface area contributed by atoms with Crippen LogP contribution in [0.5, 0.6) is 0 Å². The van der Waals surface area contributed by atoms with Crippen LogP contribution in [-0.2, 0) is 4.79 Å². The predicted molar refractivity (Wildman–Crippen MR) is 65.9 cm³/mol. The number of unbranched alkanes of at least 4 members (excludes halogenated alkanes) is 6. The second kappa shape index (κ2) is 16.6. The molecule has 0 aromatic rings. The Hall–Kier alpha value is -0.830. The number of hydrogen-bond acceptors (Lipinski definition) is 2. The minimum atomic E-state index is -0.924. The number of rotatable bonds is 9. The van der Waals surface area contributed by atoms with E-state index in [9.17, 15) is 9.90 Å². The molecule has 0 aliphatic rings. The number of carbonyl (C=O) groups is 1. The van der Waals surface area contributed by atoms with E-state index < -0.39 is 5.97 Å². The lowest BCUT2D eigenvalue weighted by Gasteiger charge is -2.01. The highest BCUT2D eigenvalue weighted by molar-refractivity contribution is 5.63. The van der Waals surface area contributed by atoms with Gasteiger partial charge in [-0.3, -0.25) is 0 Å². The summed E-state index contributed by atoms with van der Waals surface area (Å²) in [5.41, 5.74) is 0. The number of allylic oxidation sites excluding steroid dienone is 1. The summed E-state index contributed by atoms with van der Waals surface area (Å²) < 4.78 is 0. The number of carbonyl (C=O) groups excluding carboxylic acids is 1. The van der Waals surface area contributed by atoms with Crippen LogP contribution in [0, 0.1) is 0 Å². The largest absolute Gasteiger partial charge is 0.550 e. The molecule has 16 heavy (non-hydrogen) atoms. The number of quaternary nitrogens is 1. The van der Waals surface area contributed by atoms with Gasteiger partial charge in [0.2, 0.25) is 0 Å². The van der Waals surface area contributed by atoms with Crippen LogP contribution in [0.1, 0.15) is 51.4 Å². The van der Waals surface area contributed by atoms with Crippen LogP contribution in [-0.4, -0.2) is 20.1 Å². The van der Waals surface area contributed by atoms with Crippen molar-refractivity contribution in [3.63, 3.8) is 0 Å². The fraction of sp³-hybridized carbons (Fsp3) is 0.769. The topological polar surface area (TPSA) is 56.7 Å². The summed E-state index contributed by atoms with van der Waals surface area (Å²) in [6, 6.07) is 0. The van der Waals surface area contributed by atoms with Gasteiger partial charge in [-0.1, -0.05) is 31.8 Å². The maximum Gasteiger partial charge on any atom is 0.0647 e. The Balaban J connectivity index is 0. The van der Waals surface area contributed by atoms with Crippen molar-refractivity contribution in [1.29, 1.82) is 0 Å². The minimum absolute atomic E-state index is 0.215. The van der Waals surface area contributed by atoms with Crippen molar-refractivity contribution in [2.75, 3.05) is 14.1 Å². The van der Waals surface area contributed by atoms with Crippen LogP contribution in [0.25, 0.3) is 0 Å². The van der Waals surface area contributed by atoms with Gasteiger partial charge in [0, 0.05) is 5.97 Å². The van der Waals surface area contributed by atoms with E-state index in [1.807, 2.05) is 25.5 Å². The van der Waals surface area contributed by atoms with E-state index in [1.54, 1.807) is 0 Å². The lowest BCUT2D eigenvalue weighted by atomic mass is 10.1. The molecule has 0 fully saturated rings. The molecule has 0 amide bonds. The molecule has 0 aliphatic heterocycles. The summed E-state index contributed by atoms with van der Waals surface area (Å²) in [7, 11) is 4.00. The molecular weight excluding hydrogens is 202 g/mol. The molecule has 0 spiro atoms. The lowest BCUT2D eigenvalue weighted by Crippen LogP contribution is -2.74. The monoisotopic (exact) mass is 229 g/mol. The van der Waals surface area contributed by atoms with Crippen molar-refractivity contribution in [2.24, 2.45) is 0 Å². The molecule has 0 heterocycles. The van der Waals surface area contributed by atoms with Crippen molar-refractivity contribution >= 4 is 5.97 Å². The average Bonchev–Trinajstić information content (AvgIpc) is 2.23. The molecule has 0 aromatic heterocycles. The molecular formula is C13H27NO2. The highest BCUT2D eigenvalue weighted by Crippen LogP contribution is 2.08. The summed E-state index contributed by atoms with van der Waals surface area (Å²) in [6.45, 7) is 3.66. The van der Waals surface area contributed by atoms with Gasteiger partial charge in [-0.2, -0.15) is 0 Å². The Morgan fingerprint density at radius 3 is 2.00 bits per heavy atom. The second-order valence-electron chi connectivity index (χ2n) is 3.90. The van der Waals surface area contributed by atoms with Gasteiger partial charge in [-0.15, -0.1) is 6.58 Å². The van der Waals surface area contributed by atoms with Crippen molar-refractivity contribution < 1.29 is 15.2 Å². The van der Waals surface area contributed by atoms with Gasteiger partial charge in [0.1, 0.15) is 0 Å². The molecule has 0 saturated carbocycles. The van der Waals surface area contributed by atoms with Gasteiger partial charge in [0.15, 0.2) is 0 Å². The van der Waals surface area contributed by atoms with Crippen LogP contribution in [0.2, 0.25) is 0 Å². The zero-order valence-electron chi connectivity index (χ0n) is 10.8. The molecule has 0 rings (SSSR count). The van der Waals surface area contributed by atoms with Gasteiger partial charge in [0.05, 0.1) is 14.1 Å². The smallest absolute Gasteiger partial charge is 0.0647 e. The molecule has 0 saturated heterocycles. The van der Waals surface area contributed by atoms with E-state index in [0.29, 0.717) is 0 Å². The Labute approximate surface area is 99.9 Å². The van der Waals surface area contributed by atoms with E-state index in [2.05, 4.69) is 6.58 Å². The van der Waals surface area contributed by atoms with Crippen molar-refractivity contribution in [3.8, 4) is 0 Å². The first-order valence-corrected chi connectivity index (χ1v) is 6.23. The van der Waals surface area contributed by atoms with Crippen LogP contribution < -0.4 is 10.4 Å². The number of nitrogens with two attached hydrogens (primary N) is 1. The van der Waals surface area contributed by atoms with Crippen molar-refractivity contribution in [3.05, 3.63) is 12.7 Å². The van der Waals surface area contributed by atoms with Gasteiger partial charge in [-0.25, -0.2) is 0 Å². The standard InChI is InChI=1S/C11H20O2.C2H7N/c1-2-3-4-5-6-7-8-9-10-11(12)13;1-3-2/h2H,1,3-10H2,(H,12,13);3H,1-2H3. The molecule has 0 unspecified atom stereocenters. The fourth-order valence-corrected chi connectivity index (χ4v) is 1.27. The number of carboxylic acids is 1. The van der Waals surface area contributed by atoms with Crippen LogP contribution >= 0.6 is 0 Å². The fourth-order valence-electron chi connectivity index (χ4n) is 1.27. The summed E-state index contributed by atoms with van der Waals surface area (Å²) in [5.74, 6) is -0.924. The number of aliphatic carboxylic acids is 1. The van der Waals surface area contributed by atoms with E-state index in [1.165, 1.54) is 19.3 Å². The van der Waals surface area contributed by atoms with Gasteiger partial charge >= 0.3 is 0 Å². The SMILES string of the molecule is C=CCCCCCCCCC(=O)[O-].C[NH2+]C. The first kappa shape index (κ1) is 17.6. The van der Waals surface area contributed by atoms with E-state index >= 15 is 0 Å². The highest BCUT2D eigenvalue weighted by atomic mass is 16.4. The molecule has 0 aromatic carbocycles. The Morgan fingerprint density at radius 1 is 1.12 bits per heavy atom. The van der Waals surface area contributed by atoms with E-state index in [0.717, 1.165) is 25.7 Å². The van der Waals surface area contributed by atoms with Crippen molar-refractivity contribution in [2.45, 2.75) is 51.4 Å². The summed E-state index contributed by atoms with van der Waals surface area (Å²) in [4.78, 5) is 10.1. The second-order valence-corrected chi connectivity index (χ2v) is 3.90. The molecule has 3 nitrogen and oxygen atoms in total. The Kier molecular flexibility index (Phi) is 18.2. The zero-order chi connectivity index (χ0) is 12.6. The quantitative estimate of drug-likeness (QED) is 0.471. The minimum Gasteiger partial charge on any atom is -0.550 e.